The van der Waals surface area contributed by atoms with Gasteiger partial charge < -0.3 is 0 Å². The van der Waals surface area contributed by atoms with E-state index < -0.39 is 0 Å². The summed E-state index contributed by atoms with van der Waals surface area (Å²) in [5.41, 5.74) is 7.36. The van der Waals surface area contributed by atoms with E-state index in [1.54, 1.807) is 0 Å². The Morgan fingerprint density at radius 1 is 0.968 bits per heavy atom. The molecule has 0 radical (unpaired) electrons. The van der Waals surface area contributed by atoms with Crippen LogP contribution < -0.4 is 0 Å². The van der Waals surface area contributed by atoms with Gasteiger partial charge in [-0.15, -0.1) is 0 Å². The summed E-state index contributed by atoms with van der Waals surface area (Å²) in [4.78, 5) is 2.53. The minimum absolute atomic E-state index is 0.703. The molecular weight excluding hydrogens is 398 g/mol. The van der Waals surface area contributed by atoms with Crippen molar-refractivity contribution in [2.75, 3.05) is 19.6 Å². The zero-order chi connectivity index (χ0) is 22.8. The van der Waals surface area contributed by atoms with Crippen LogP contribution in [0.1, 0.15) is 57.2 Å². The van der Waals surface area contributed by atoms with Gasteiger partial charge in [0, 0.05) is 18.1 Å². The largest absolute Gasteiger partial charge is 0.295 e. The number of hydrogen-bond donors (Lipinski definition) is 0. The Morgan fingerprint density at radius 2 is 1.52 bits per heavy atom. The maximum absolute atomic E-state index is 6.19. The quantitative estimate of drug-likeness (QED) is 0.455. The molecule has 1 aliphatic rings. The molecule has 2 aromatic rings. The number of benzene rings is 2. The van der Waals surface area contributed by atoms with E-state index in [9.17, 15) is 0 Å². The summed E-state index contributed by atoms with van der Waals surface area (Å²) in [5.74, 6) is 0.703. The van der Waals surface area contributed by atoms with Crippen molar-refractivity contribution in [3.05, 3.63) is 93.5 Å². The van der Waals surface area contributed by atoms with Crippen LogP contribution in [0, 0.1) is 12.8 Å². The van der Waals surface area contributed by atoms with Crippen LogP contribution in [-0.2, 0) is 0 Å². The monoisotopic (exact) mass is 435 g/mol. The molecule has 0 bridgehead atoms. The van der Waals surface area contributed by atoms with E-state index in [-0.39, 0.29) is 0 Å². The predicted molar refractivity (Wildman–Crippen MR) is 140 cm³/mol. The Balaban J connectivity index is 0.00000107. The van der Waals surface area contributed by atoms with E-state index >= 15 is 0 Å². The molecule has 166 valence electrons. The van der Waals surface area contributed by atoms with Crippen molar-refractivity contribution in [3.8, 4) is 0 Å². The van der Waals surface area contributed by atoms with Gasteiger partial charge in [-0.05, 0) is 77.9 Å². The number of aryl methyl sites for hydroxylation is 1. The Hall–Kier alpha value is -2.09. The number of hydrogen-bond acceptors (Lipinski definition) is 1. The van der Waals surface area contributed by atoms with Gasteiger partial charge in [0.05, 0.1) is 0 Å². The fourth-order valence-electron chi connectivity index (χ4n) is 3.56. The van der Waals surface area contributed by atoms with Gasteiger partial charge in [0.2, 0.25) is 0 Å². The van der Waals surface area contributed by atoms with Crippen LogP contribution in [0.25, 0.3) is 12.2 Å². The number of likely N-dealkylation sites (tertiary alicyclic amines) is 1. The second kappa shape index (κ2) is 12.7. The normalized spacial score (nSPS) is 17.2. The van der Waals surface area contributed by atoms with Crippen LogP contribution >= 0.6 is 11.6 Å². The summed E-state index contributed by atoms with van der Waals surface area (Å²) in [6.07, 6.45) is 6.98. The molecule has 3 rings (SSSR count). The lowest BCUT2D eigenvalue weighted by molar-refractivity contribution is 0.293. The second-order valence-corrected chi connectivity index (χ2v) is 9.32. The van der Waals surface area contributed by atoms with Gasteiger partial charge in [-0.2, -0.15) is 0 Å². The van der Waals surface area contributed by atoms with E-state index in [1.807, 2.05) is 18.2 Å². The first-order valence-corrected chi connectivity index (χ1v) is 11.9. The SMILES string of the molecule is C=C1/C(=C/c2cccc(C)c2)CN(CCC(C)C)C/C1=C\c1cccc(Cl)c1.CCC. The molecule has 1 saturated heterocycles. The Morgan fingerprint density at radius 3 is 2.03 bits per heavy atom. The Bertz CT molecular complexity index is 852. The molecule has 0 aliphatic carbocycles. The molecule has 31 heavy (non-hydrogen) atoms. The molecule has 0 N–H and O–H groups in total. The molecule has 1 nitrogen and oxygen atoms in total. The maximum Gasteiger partial charge on any atom is 0.0411 e. The van der Waals surface area contributed by atoms with E-state index in [0.29, 0.717) is 5.92 Å². The third-order valence-electron chi connectivity index (χ3n) is 5.16. The first kappa shape index (κ1) is 25.2. The average Bonchev–Trinajstić information content (AvgIpc) is 2.70. The highest BCUT2D eigenvalue weighted by molar-refractivity contribution is 6.30. The topological polar surface area (TPSA) is 3.24 Å². The van der Waals surface area contributed by atoms with E-state index in [1.165, 1.54) is 35.1 Å². The van der Waals surface area contributed by atoms with Gasteiger partial charge in [-0.1, -0.05) is 94.3 Å². The van der Waals surface area contributed by atoms with Crippen LogP contribution in [-0.4, -0.2) is 24.5 Å². The second-order valence-electron chi connectivity index (χ2n) is 8.89. The number of piperidine rings is 1. The summed E-state index contributed by atoms with van der Waals surface area (Å²) >= 11 is 6.19. The van der Waals surface area contributed by atoms with Gasteiger partial charge in [-0.3, -0.25) is 4.90 Å². The van der Waals surface area contributed by atoms with E-state index in [4.69, 9.17) is 11.6 Å². The highest BCUT2D eigenvalue weighted by Crippen LogP contribution is 2.30. The summed E-state index contributed by atoms with van der Waals surface area (Å²) in [6.45, 7) is 18.4. The Labute approximate surface area is 195 Å². The molecule has 0 spiro atoms. The highest BCUT2D eigenvalue weighted by atomic mass is 35.5. The molecular formula is C29H38ClN. The number of rotatable bonds is 5. The third kappa shape index (κ3) is 8.51. The molecule has 1 aliphatic heterocycles. The molecule has 1 fully saturated rings. The smallest absolute Gasteiger partial charge is 0.0411 e. The van der Waals surface area contributed by atoms with Crippen LogP contribution in [0.5, 0.6) is 0 Å². The van der Waals surface area contributed by atoms with Gasteiger partial charge in [-0.25, -0.2) is 0 Å². The van der Waals surface area contributed by atoms with Crippen LogP contribution in [0.15, 0.2) is 71.8 Å². The molecule has 0 atom stereocenters. The van der Waals surface area contributed by atoms with Gasteiger partial charge in [0.15, 0.2) is 0 Å². The maximum atomic E-state index is 6.19. The lowest BCUT2D eigenvalue weighted by Crippen LogP contribution is -2.35. The minimum atomic E-state index is 0.703. The van der Waals surface area contributed by atoms with Crippen molar-refractivity contribution in [1.29, 1.82) is 0 Å². The van der Waals surface area contributed by atoms with Gasteiger partial charge in [0.1, 0.15) is 0 Å². The molecule has 2 aromatic carbocycles. The van der Waals surface area contributed by atoms with E-state index in [0.717, 1.165) is 35.8 Å². The zero-order valence-electron chi connectivity index (χ0n) is 19.9. The average molecular weight is 436 g/mol. The lowest BCUT2D eigenvalue weighted by Gasteiger charge is -2.33. The van der Waals surface area contributed by atoms with E-state index in [2.05, 4.69) is 88.6 Å². The Kier molecular flexibility index (Phi) is 10.3. The highest BCUT2D eigenvalue weighted by Gasteiger charge is 2.21. The van der Waals surface area contributed by atoms with Crippen molar-refractivity contribution in [2.24, 2.45) is 5.92 Å². The standard InChI is InChI=1S/C26H30ClN.C3H8/c1-19(2)11-12-28-17-24(14-22-8-5-7-20(3)13-22)21(4)25(18-28)15-23-9-6-10-26(27)16-23;1-3-2/h5-10,13-16,19H,4,11-12,17-18H2,1-3H3;3H2,1-2H3/b24-14+,25-15+;. The summed E-state index contributed by atoms with van der Waals surface area (Å²) in [5, 5.41) is 0.767. The van der Waals surface area contributed by atoms with Crippen molar-refractivity contribution < 1.29 is 0 Å². The summed E-state index contributed by atoms with van der Waals surface area (Å²) in [7, 11) is 0. The van der Waals surface area contributed by atoms with Crippen LogP contribution in [0.2, 0.25) is 5.02 Å². The third-order valence-corrected chi connectivity index (χ3v) is 5.39. The fourth-order valence-corrected chi connectivity index (χ4v) is 3.76. The first-order chi connectivity index (χ1) is 14.8. The molecule has 0 aromatic heterocycles. The van der Waals surface area contributed by atoms with Crippen molar-refractivity contribution in [3.63, 3.8) is 0 Å². The van der Waals surface area contributed by atoms with Crippen molar-refractivity contribution in [2.45, 2.75) is 47.5 Å². The van der Waals surface area contributed by atoms with Crippen molar-refractivity contribution in [1.82, 2.24) is 4.90 Å². The van der Waals surface area contributed by atoms with Crippen LogP contribution in [0.3, 0.4) is 0 Å². The summed E-state index contributed by atoms with van der Waals surface area (Å²) in [6, 6.07) is 16.7. The fraction of sp³-hybridized carbons (Fsp3) is 0.379. The minimum Gasteiger partial charge on any atom is -0.295 e. The molecule has 1 heterocycles. The van der Waals surface area contributed by atoms with Crippen molar-refractivity contribution >= 4 is 23.8 Å². The molecule has 0 amide bonds. The molecule has 0 unspecified atom stereocenters. The first-order valence-electron chi connectivity index (χ1n) is 11.5. The van der Waals surface area contributed by atoms with Gasteiger partial charge >= 0.3 is 0 Å². The van der Waals surface area contributed by atoms with Gasteiger partial charge in [0.25, 0.3) is 0 Å². The summed E-state index contributed by atoms with van der Waals surface area (Å²) < 4.78 is 0. The molecule has 0 saturated carbocycles. The zero-order valence-corrected chi connectivity index (χ0v) is 20.7. The molecule has 2 heteroatoms. The number of halogens is 1. The van der Waals surface area contributed by atoms with Crippen LogP contribution in [0.4, 0.5) is 0 Å². The lowest BCUT2D eigenvalue weighted by atomic mass is 9.90. The number of nitrogens with zero attached hydrogens (tertiary/aromatic N) is 1. The predicted octanol–water partition coefficient (Wildman–Crippen LogP) is 8.45.